The maximum absolute atomic E-state index is 11.6. The van der Waals surface area contributed by atoms with Crippen molar-refractivity contribution in [3.05, 3.63) is 0 Å². The second-order valence-electron chi connectivity index (χ2n) is 4.54. The van der Waals surface area contributed by atoms with Crippen molar-refractivity contribution in [3.63, 3.8) is 0 Å². The largest absolute Gasteiger partial charge is 0.378 e. The number of nitrogens with one attached hydrogen (secondary N) is 1. The minimum absolute atomic E-state index is 0.0337. The Balaban J connectivity index is 3.83. The molecule has 90 valence electrons. The van der Waals surface area contributed by atoms with Gasteiger partial charge in [0.05, 0.1) is 12.0 Å². The highest BCUT2D eigenvalue weighted by atomic mass is 16.5. The molecule has 15 heavy (non-hydrogen) atoms. The number of amides is 1. The van der Waals surface area contributed by atoms with Gasteiger partial charge >= 0.3 is 0 Å². The van der Waals surface area contributed by atoms with Gasteiger partial charge in [0, 0.05) is 13.2 Å². The summed E-state index contributed by atoms with van der Waals surface area (Å²) in [6.45, 7) is 6.46. The molecule has 0 aromatic heterocycles. The maximum Gasteiger partial charge on any atom is 0.223 e. The molecule has 0 saturated heterocycles. The summed E-state index contributed by atoms with van der Waals surface area (Å²) in [4.78, 5) is 11.6. The molecule has 0 rings (SSSR count). The lowest BCUT2D eigenvalue weighted by atomic mass is 10.0. The molecule has 0 fully saturated rings. The zero-order chi connectivity index (χ0) is 11.9. The van der Waals surface area contributed by atoms with Crippen LogP contribution in [0, 0.1) is 0 Å². The first-order valence-corrected chi connectivity index (χ1v) is 5.46. The van der Waals surface area contributed by atoms with Crippen molar-refractivity contribution in [2.75, 3.05) is 13.7 Å². The minimum Gasteiger partial charge on any atom is -0.378 e. The normalized spacial score (nSPS) is 13.7. The van der Waals surface area contributed by atoms with Gasteiger partial charge in [-0.1, -0.05) is 0 Å². The van der Waals surface area contributed by atoms with Crippen molar-refractivity contribution in [3.8, 4) is 0 Å². The fourth-order valence-electron chi connectivity index (χ4n) is 1.28. The van der Waals surface area contributed by atoms with E-state index in [9.17, 15) is 4.79 Å². The van der Waals surface area contributed by atoms with Crippen molar-refractivity contribution in [2.24, 2.45) is 5.73 Å². The molecule has 0 radical (unpaired) electrons. The SMILES string of the molecule is COC(C)(C)CC(=O)NC(C)CCCN. The molecular formula is C11H24N2O2. The minimum atomic E-state index is -0.391. The van der Waals surface area contributed by atoms with Gasteiger partial charge in [0.2, 0.25) is 5.91 Å². The number of methoxy groups -OCH3 is 1. The number of ether oxygens (including phenoxy) is 1. The van der Waals surface area contributed by atoms with E-state index in [2.05, 4.69) is 5.32 Å². The lowest BCUT2D eigenvalue weighted by Crippen LogP contribution is -2.38. The standard InChI is InChI=1S/C11H24N2O2/c1-9(6-5-7-12)13-10(14)8-11(2,3)15-4/h9H,5-8,12H2,1-4H3,(H,13,14). The van der Waals surface area contributed by atoms with E-state index in [-0.39, 0.29) is 11.9 Å². The van der Waals surface area contributed by atoms with Crippen LogP contribution in [0.2, 0.25) is 0 Å². The van der Waals surface area contributed by atoms with Crippen LogP contribution in [-0.4, -0.2) is 31.2 Å². The van der Waals surface area contributed by atoms with Gasteiger partial charge in [-0.25, -0.2) is 0 Å². The fraction of sp³-hybridized carbons (Fsp3) is 0.909. The van der Waals surface area contributed by atoms with Crippen LogP contribution in [0.4, 0.5) is 0 Å². The van der Waals surface area contributed by atoms with Gasteiger partial charge in [-0.15, -0.1) is 0 Å². The van der Waals surface area contributed by atoms with E-state index in [1.165, 1.54) is 0 Å². The zero-order valence-corrected chi connectivity index (χ0v) is 10.3. The lowest BCUT2D eigenvalue weighted by molar-refractivity contribution is -0.126. The Morgan fingerprint density at radius 2 is 2.13 bits per heavy atom. The first-order chi connectivity index (χ1) is 6.91. The molecule has 0 aromatic carbocycles. The monoisotopic (exact) mass is 216 g/mol. The van der Waals surface area contributed by atoms with Crippen LogP contribution in [-0.2, 0) is 9.53 Å². The Kier molecular flexibility index (Phi) is 6.52. The van der Waals surface area contributed by atoms with Crippen LogP contribution >= 0.6 is 0 Å². The smallest absolute Gasteiger partial charge is 0.223 e. The van der Waals surface area contributed by atoms with E-state index in [0.717, 1.165) is 12.8 Å². The fourth-order valence-corrected chi connectivity index (χ4v) is 1.28. The van der Waals surface area contributed by atoms with Crippen molar-refractivity contribution in [2.45, 2.75) is 51.7 Å². The average molecular weight is 216 g/mol. The summed E-state index contributed by atoms with van der Waals surface area (Å²) in [6, 6.07) is 0.189. The third-order valence-electron chi connectivity index (χ3n) is 2.39. The predicted molar refractivity (Wildman–Crippen MR) is 61.6 cm³/mol. The van der Waals surface area contributed by atoms with E-state index in [1.807, 2.05) is 20.8 Å². The van der Waals surface area contributed by atoms with Crippen LogP contribution in [0.15, 0.2) is 0 Å². The number of hydrogen-bond acceptors (Lipinski definition) is 3. The molecule has 0 aliphatic carbocycles. The van der Waals surface area contributed by atoms with Crippen LogP contribution in [0.3, 0.4) is 0 Å². The Morgan fingerprint density at radius 1 is 1.53 bits per heavy atom. The molecule has 0 spiro atoms. The van der Waals surface area contributed by atoms with Crippen molar-refractivity contribution >= 4 is 5.91 Å². The highest BCUT2D eigenvalue weighted by Gasteiger charge is 2.21. The van der Waals surface area contributed by atoms with Gasteiger partial charge in [0.15, 0.2) is 0 Å². The summed E-state index contributed by atoms with van der Waals surface area (Å²) in [7, 11) is 1.62. The van der Waals surface area contributed by atoms with Gasteiger partial charge in [0.1, 0.15) is 0 Å². The van der Waals surface area contributed by atoms with E-state index in [0.29, 0.717) is 13.0 Å². The number of hydrogen-bond donors (Lipinski definition) is 2. The molecule has 1 unspecified atom stereocenters. The molecule has 3 N–H and O–H groups in total. The van der Waals surface area contributed by atoms with Gasteiger partial charge in [-0.05, 0) is 40.2 Å². The highest BCUT2D eigenvalue weighted by Crippen LogP contribution is 2.12. The number of rotatable bonds is 7. The average Bonchev–Trinajstić information content (AvgIpc) is 2.13. The van der Waals surface area contributed by atoms with E-state index in [1.54, 1.807) is 7.11 Å². The molecule has 0 aromatic rings. The van der Waals surface area contributed by atoms with Crippen LogP contribution in [0.5, 0.6) is 0 Å². The molecule has 0 aliphatic rings. The van der Waals surface area contributed by atoms with Gasteiger partial charge in [-0.3, -0.25) is 4.79 Å². The summed E-state index contributed by atoms with van der Waals surface area (Å²) < 4.78 is 5.19. The second-order valence-corrected chi connectivity index (χ2v) is 4.54. The Hall–Kier alpha value is -0.610. The highest BCUT2D eigenvalue weighted by molar-refractivity contribution is 5.77. The molecule has 4 nitrogen and oxygen atoms in total. The molecule has 0 aliphatic heterocycles. The van der Waals surface area contributed by atoms with E-state index in [4.69, 9.17) is 10.5 Å². The van der Waals surface area contributed by atoms with Gasteiger partial charge < -0.3 is 15.8 Å². The molecule has 1 amide bonds. The number of carbonyl (C=O) groups is 1. The summed E-state index contributed by atoms with van der Waals surface area (Å²) in [6.07, 6.45) is 2.25. The Morgan fingerprint density at radius 3 is 2.60 bits per heavy atom. The van der Waals surface area contributed by atoms with Crippen LogP contribution in [0.25, 0.3) is 0 Å². The van der Waals surface area contributed by atoms with Crippen molar-refractivity contribution < 1.29 is 9.53 Å². The third kappa shape index (κ3) is 7.33. The van der Waals surface area contributed by atoms with E-state index >= 15 is 0 Å². The summed E-state index contributed by atoms with van der Waals surface area (Å²) in [5.74, 6) is 0.0337. The van der Waals surface area contributed by atoms with Crippen molar-refractivity contribution in [1.29, 1.82) is 0 Å². The first kappa shape index (κ1) is 14.4. The number of carbonyl (C=O) groups excluding carboxylic acids is 1. The maximum atomic E-state index is 11.6. The molecule has 0 heterocycles. The predicted octanol–water partition coefficient (Wildman–Crippen LogP) is 1.05. The molecule has 0 bridgehead atoms. The van der Waals surface area contributed by atoms with Crippen LogP contribution < -0.4 is 11.1 Å². The second kappa shape index (κ2) is 6.80. The third-order valence-corrected chi connectivity index (χ3v) is 2.39. The van der Waals surface area contributed by atoms with E-state index < -0.39 is 5.60 Å². The van der Waals surface area contributed by atoms with Gasteiger partial charge in [-0.2, -0.15) is 0 Å². The molecular weight excluding hydrogens is 192 g/mol. The number of nitrogens with two attached hydrogens (primary N) is 1. The van der Waals surface area contributed by atoms with Crippen LogP contribution in [0.1, 0.15) is 40.0 Å². The molecule has 0 saturated carbocycles. The van der Waals surface area contributed by atoms with Crippen molar-refractivity contribution in [1.82, 2.24) is 5.32 Å². The summed E-state index contributed by atoms with van der Waals surface area (Å²) in [5, 5.41) is 2.93. The molecule has 4 heteroatoms. The Bertz CT molecular complexity index is 193. The van der Waals surface area contributed by atoms with Gasteiger partial charge in [0.25, 0.3) is 0 Å². The topological polar surface area (TPSA) is 64.3 Å². The quantitative estimate of drug-likeness (QED) is 0.668. The molecule has 1 atom stereocenters. The first-order valence-electron chi connectivity index (χ1n) is 5.46. The summed E-state index contributed by atoms with van der Waals surface area (Å²) in [5.41, 5.74) is 5.01. The lowest BCUT2D eigenvalue weighted by Gasteiger charge is -2.23. The zero-order valence-electron chi connectivity index (χ0n) is 10.3. The Labute approximate surface area is 92.6 Å². The summed E-state index contributed by atoms with van der Waals surface area (Å²) >= 11 is 0.